The predicted octanol–water partition coefficient (Wildman–Crippen LogP) is 3.00. The van der Waals surface area contributed by atoms with Gasteiger partial charge in [-0.1, -0.05) is 32.0 Å². The second-order valence-electron chi connectivity index (χ2n) is 8.06. The van der Waals surface area contributed by atoms with Crippen molar-refractivity contribution in [2.24, 2.45) is 11.3 Å². The van der Waals surface area contributed by atoms with Crippen LogP contribution >= 0.6 is 0 Å². The fraction of sp³-hybridized carbons (Fsp3) is 0.524. The summed E-state index contributed by atoms with van der Waals surface area (Å²) < 4.78 is 1.92. The number of para-hydroxylation sites is 1. The van der Waals surface area contributed by atoms with Crippen molar-refractivity contribution >= 4 is 5.91 Å². The molecule has 26 heavy (non-hydrogen) atoms. The van der Waals surface area contributed by atoms with Gasteiger partial charge in [-0.3, -0.25) is 4.79 Å². The monoisotopic (exact) mass is 352 g/mol. The Labute approximate surface area is 155 Å². The summed E-state index contributed by atoms with van der Waals surface area (Å²) in [5, 5.41) is 11.3. The average molecular weight is 352 g/mol. The summed E-state index contributed by atoms with van der Waals surface area (Å²) in [6.45, 7) is 6.95. The lowest BCUT2D eigenvalue weighted by Crippen LogP contribution is -2.33. The zero-order chi connectivity index (χ0) is 18.1. The molecule has 138 valence electrons. The van der Waals surface area contributed by atoms with E-state index < -0.39 is 0 Å². The maximum absolute atomic E-state index is 12.7. The zero-order valence-electron chi connectivity index (χ0n) is 15.7. The molecule has 1 saturated carbocycles. The molecule has 2 aliphatic rings. The molecular weight excluding hydrogens is 324 g/mol. The van der Waals surface area contributed by atoms with E-state index in [2.05, 4.69) is 30.7 Å². The first-order valence-corrected chi connectivity index (χ1v) is 9.71. The molecule has 1 amide bonds. The lowest BCUT2D eigenvalue weighted by Gasteiger charge is -2.23. The van der Waals surface area contributed by atoms with Gasteiger partial charge in [0.05, 0.1) is 11.4 Å². The third-order valence-corrected chi connectivity index (χ3v) is 5.95. The summed E-state index contributed by atoms with van der Waals surface area (Å²) in [6.07, 6.45) is 5.38. The summed E-state index contributed by atoms with van der Waals surface area (Å²) in [7, 11) is 0. The van der Waals surface area contributed by atoms with E-state index >= 15 is 0 Å². The predicted molar refractivity (Wildman–Crippen MR) is 102 cm³/mol. The SMILES string of the molecule is CC(C)c1nn(-c2ccccc2)cc1CNC(=O)C1CC12CCNCC2. The smallest absolute Gasteiger partial charge is 0.223 e. The van der Waals surface area contributed by atoms with E-state index in [-0.39, 0.29) is 17.2 Å². The van der Waals surface area contributed by atoms with Crippen molar-refractivity contribution < 1.29 is 4.79 Å². The van der Waals surface area contributed by atoms with Gasteiger partial charge in [0, 0.05) is 24.2 Å². The Bertz CT molecular complexity index is 775. The molecule has 1 saturated heterocycles. The summed E-state index contributed by atoms with van der Waals surface area (Å²) in [4.78, 5) is 12.7. The second kappa shape index (κ2) is 6.88. The molecule has 2 heterocycles. The van der Waals surface area contributed by atoms with Gasteiger partial charge in [-0.2, -0.15) is 5.10 Å². The van der Waals surface area contributed by atoms with Crippen LogP contribution in [0, 0.1) is 11.3 Å². The third-order valence-electron chi connectivity index (χ3n) is 5.95. The van der Waals surface area contributed by atoms with E-state index in [1.807, 2.05) is 35.0 Å². The second-order valence-corrected chi connectivity index (χ2v) is 8.06. The number of rotatable bonds is 5. The maximum Gasteiger partial charge on any atom is 0.223 e. The van der Waals surface area contributed by atoms with E-state index in [0.717, 1.165) is 49.3 Å². The van der Waals surface area contributed by atoms with Crippen LogP contribution in [-0.4, -0.2) is 28.8 Å². The quantitative estimate of drug-likeness (QED) is 0.870. The maximum atomic E-state index is 12.7. The number of hydrogen-bond acceptors (Lipinski definition) is 3. The molecule has 1 aromatic carbocycles. The Kier molecular flexibility index (Phi) is 4.57. The van der Waals surface area contributed by atoms with Gasteiger partial charge in [-0.05, 0) is 55.8 Å². The van der Waals surface area contributed by atoms with Gasteiger partial charge in [0.15, 0.2) is 0 Å². The highest BCUT2D eigenvalue weighted by atomic mass is 16.2. The topological polar surface area (TPSA) is 59.0 Å². The summed E-state index contributed by atoms with van der Waals surface area (Å²) in [5.41, 5.74) is 3.49. The minimum atomic E-state index is 0.205. The van der Waals surface area contributed by atoms with Gasteiger partial charge in [-0.25, -0.2) is 4.68 Å². The van der Waals surface area contributed by atoms with Gasteiger partial charge in [0.2, 0.25) is 5.91 Å². The van der Waals surface area contributed by atoms with Gasteiger partial charge < -0.3 is 10.6 Å². The molecule has 5 heteroatoms. The third kappa shape index (κ3) is 3.28. The van der Waals surface area contributed by atoms with E-state index in [1.54, 1.807) is 0 Å². The largest absolute Gasteiger partial charge is 0.352 e. The number of aromatic nitrogens is 2. The number of carbonyl (C=O) groups excluding carboxylic acids is 1. The van der Waals surface area contributed by atoms with Crippen LogP contribution < -0.4 is 10.6 Å². The van der Waals surface area contributed by atoms with Crippen molar-refractivity contribution in [1.29, 1.82) is 0 Å². The Hall–Kier alpha value is -2.14. The van der Waals surface area contributed by atoms with Gasteiger partial charge in [0.25, 0.3) is 0 Å². The van der Waals surface area contributed by atoms with Gasteiger partial charge in [0.1, 0.15) is 0 Å². The molecule has 1 atom stereocenters. The number of benzene rings is 1. The van der Waals surface area contributed by atoms with Crippen LogP contribution in [0.25, 0.3) is 5.69 Å². The van der Waals surface area contributed by atoms with E-state index in [0.29, 0.717) is 12.5 Å². The van der Waals surface area contributed by atoms with Crippen LogP contribution in [0.15, 0.2) is 36.5 Å². The van der Waals surface area contributed by atoms with Crippen molar-refractivity contribution in [2.45, 2.75) is 45.6 Å². The van der Waals surface area contributed by atoms with Crippen molar-refractivity contribution in [3.05, 3.63) is 47.8 Å². The highest BCUT2D eigenvalue weighted by Crippen LogP contribution is 2.58. The zero-order valence-corrected chi connectivity index (χ0v) is 15.7. The molecule has 4 rings (SSSR count). The number of hydrogen-bond donors (Lipinski definition) is 2. The van der Waals surface area contributed by atoms with Crippen molar-refractivity contribution in [3.8, 4) is 5.69 Å². The molecule has 2 aromatic rings. The fourth-order valence-corrected chi connectivity index (χ4v) is 4.26. The Morgan fingerprint density at radius 2 is 2.04 bits per heavy atom. The van der Waals surface area contributed by atoms with Crippen molar-refractivity contribution in [2.75, 3.05) is 13.1 Å². The summed E-state index contributed by atoms with van der Waals surface area (Å²) in [6, 6.07) is 10.1. The fourth-order valence-electron chi connectivity index (χ4n) is 4.26. The molecule has 1 unspecified atom stereocenters. The van der Waals surface area contributed by atoms with Crippen LogP contribution in [0.3, 0.4) is 0 Å². The van der Waals surface area contributed by atoms with Crippen LogP contribution in [0.5, 0.6) is 0 Å². The minimum Gasteiger partial charge on any atom is -0.352 e. The van der Waals surface area contributed by atoms with E-state index in [1.165, 1.54) is 0 Å². The molecule has 0 bridgehead atoms. The highest BCUT2D eigenvalue weighted by molar-refractivity contribution is 5.82. The first-order chi connectivity index (χ1) is 12.6. The van der Waals surface area contributed by atoms with Crippen molar-refractivity contribution in [3.63, 3.8) is 0 Å². The van der Waals surface area contributed by atoms with Crippen LogP contribution in [0.4, 0.5) is 0 Å². The molecule has 1 aliphatic heterocycles. The van der Waals surface area contributed by atoms with E-state index in [4.69, 9.17) is 5.10 Å². The molecule has 2 N–H and O–H groups in total. The Morgan fingerprint density at radius 1 is 1.31 bits per heavy atom. The number of nitrogens with one attached hydrogen (secondary N) is 2. The van der Waals surface area contributed by atoms with Gasteiger partial charge >= 0.3 is 0 Å². The van der Waals surface area contributed by atoms with Crippen molar-refractivity contribution in [1.82, 2.24) is 20.4 Å². The van der Waals surface area contributed by atoms with E-state index in [9.17, 15) is 4.79 Å². The number of amides is 1. The van der Waals surface area contributed by atoms with Crippen LogP contribution in [0.2, 0.25) is 0 Å². The lowest BCUT2D eigenvalue weighted by molar-refractivity contribution is -0.123. The number of piperidine rings is 1. The first-order valence-electron chi connectivity index (χ1n) is 9.71. The molecule has 2 fully saturated rings. The molecule has 0 radical (unpaired) electrons. The molecular formula is C21H28N4O. The molecule has 1 aromatic heterocycles. The molecule has 1 spiro atoms. The molecule has 5 nitrogen and oxygen atoms in total. The first kappa shape index (κ1) is 17.3. The summed E-state index contributed by atoms with van der Waals surface area (Å²) >= 11 is 0. The summed E-state index contributed by atoms with van der Waals surface area (Å²) in [5.74, 6) is 0.744. The van der Waals surface area contributed by atoms with Gasteiger partial charge in [-0.15, -0.1) is 0 Å². The number of nitrogens with zero attached hydrogens (tertiary/aromatic N) is 2. The highest BCUT2D eigenvalue weighted by Gasteiger charge is 2.57. The average Bonchev–Trinajstić information content (AvgIpc) is 3.16. The van der Waals surface area contributed by atoms with Crippen LogP contribution in [0.1, 0.15) is 50.3 Å². The normalized spacial score (nSPS) is 21.1. The standard InChI is InChI=1S/C21H28N4O/c1-15(2)19-16(14-25(24-19)17-6-4-3-5-7-17)13-23-20(26)18-12-21(18)8-10-22-11-9-21/h3-7,14-15,18,22H,8-13H2,1-2H3,(H,23,26). The Balaban J connectivity index is 1.44. The Morgan fingerprint density at radius 3 is 2.73 bits per heavy atom. The lowest BCUT2D eigenvalue weighted by atomic mass is 9.92. The number of carbonyl (C=O) groups is 1. The van der Waals surface area contributed by atoms with Crippen LogP contribution in [-0.2, 0) is 11.3 Å². The molecule has 1 aliphatic carbocycles. The minimum absolute atomic E-state index is 0.205.